The van der Waals surface area contributed by atoms with Crippen molar-refractivity contribution in [2.45, 2.75) is 0 Å². The van der Waals surface area contributed by atoms with Crippen LogP contribution in [0, 0.1) is 0 Å². The minimum atomic E-state index is 0.0209. The minimum absolute atomic E-state index is 0.0209. The van der Waals surface area contributed by atoms with Crippen LogP contribution in [0.15, 0.2) is 46.9 Å². The summed E-state index contributed by atoms with van der Waals surface area (Å²) in [6.45, 7) is 0.207. The number of ether oxygens (including phenoxy) is 1. The number of Topliss-reactive ketones (excluding diaryl/α,β-unsaturated/α-hetero) is 1. The van der Waals surface area contributed by atoms with Crippen LogP contribution in [0.3, 0.4) is 0 Å². The van der Waals surface area contributed by atoms with E-state index in [1.807, 2.05) is 36.4 Å². The highest BCUT2D eigenvalue weighted by atomic mass is 79.9. The van der Waals surface area contributed by atoms with Crippen LogP contribution in [0.25, 0.3) is 10.2 Å². The first kappa shape index (κ1) is 15.0. The molecular formula is C16H13BrN2O2S. The van der Waals surface area contributed by atoms with Gasteiger partial charge in [-0.2, -0.15) is 0 Å². The van der Waals surface area contributed by atoms with Crippen molar-refractivity contribution < 1.29 is 9.53 Å². The number of methoxy groups -OCH3 is 1. The Morgan fingerprint density at radius 3 is 2.91 bits per heavy atom. The highest BCUT2D eigenvalue weighted by molar-refractivity contribution is 9.10. The van der Waals surface area contributed by atoms with E-state index in [4.69, 9.17) is 4.74 Å². The van der Waals surface area contributed by atoms with Crippen molar-refractivity contribution >= 4 is 48.4 Å². The number of hydrogen-bond donors (Lipinski definition) is 1. The zero-order chi connectivity index (χ0) is 15.5. The van der Waals surface area contributed by atoms with Crippen molar-refractivity contribution in [3.05, 3.63) is 52.5 Å². The second kappa shape index (κ2) is 6.46. The summed E-state index contributed by atoms with van der Waals surface area (Å²) in [5.41, 5.74) is 1.48. The number of ketones is 1. The SMILES string of the molecule is COc1cccc2sc(NCC(=O)c3cccc(Br)c3)nc12. The highest BCUT2D eigenvalue weighted by Crippen LogP contribution is 2.31. The quantitative estimate of drug-likeness (QED) is 0.672. The molecule has 0 atom stereocenters. The molecule has 0 bridgehead atoms. The number of halogens is 1. The number of fused-ring (bicyclic) bond motifs is 1. The average Bonchev–Trinajstić information content (AvgIpc) is 2.95. The largest absolute Gasteiger partial charge is 0.494 e. The second-order valence-electron chi connectivity index (χ2n) is 4.61. The maximum Gasteiger partial charge on any atom is 0.184 e. The number of para-hydroxylation sites is 1. The number of aromatic nitrogens is 1. The molecule has 0 amide bonds. The van der Waals surface area contributed by atoms with Crippen molar-refractivity contribution in [1.29, 1.82) is 0 Å². The number of carbonyl (C=O) groups excluding carboxylic acids is 1. The molecule has 0 saturated heterocycles. The standard InChI is InChI=1S/C16H13BrN2O2S/c1-21-13-6-3-7-14-15(13)19-16(22-14)18-9-12(20)10-4-2-5-11(17)8-10/h2-8H,9H2,1H3,(H,18,19). The molecule has 1 aromatic heterocycles. The Balaban J connectivity index is 1.75. The molecule has 3 rings (SSSR count). The van der Waals surface area contributed by atoms with Gasteiger partial charge in [-0.15, -0.1) is 0 Å². The van der Waals surface area contributed by atoms with E-state index in [-0.39, 0.29) is 12.3 Å². The number of nitrogens with one attached hydrogen (secondary N) is 1. The normalized spacial score (nSPS) is 10.6. The van der Waals surface area contributed by atoms with E-state index in [1.54, 1.807) is 13.2 Å². The van der Waals surface area contributed by atoms with E-state index >= 15 is 0 Å². The van der Waals surface area contributed by atoms with Gasteiger partial charge < -0.3 is 10.1 Å². The van der Waals surface area contributed by atoms with Gasteiger partial charge in [-0.3, -0.25) is 4.79 Å². The molecule has 6 heteroatoms. The van der Waals surface area contributed by atoms with Crippen molar-refractivity contribution in [3.63, 3.8) is 0 Å². The topological polar surface area (TPSA) is 51.2 Å². The Morgan fingerprint density at radius 2 is 2.14 bits per heavy atom. The van der Waals surface area contributed by atoms with Crippen LogP contribution in [-0.4, -0.2) is 24.4 Å². The maximum atomic E-state index is 12.2. The smallest absolute Gasteiger partial charge is 0.184 e. The summed E-state index contributed by atoms with van der Waals surface area (Å²) in [5.74, 6) is 0.757. The first-order valence-corrected chi connectivity index (χ1v) is 8.24. The molecule has 4 nitrogen and oxygen atoms in total. The second-order valence-corrected chi connectivity index (χ2v) is 6.56. The Bertz CT molecular complexity index is 832. The highest BCUT2D eigenvalue weighted by Gasteiger charge is 2.10. The van der Waals surface area contributed by atoms with E-state index in [2.05, 4.69) is 26.2 Å². The number of carbonyl (C=O) groups is 1. The molecule has 0 saturated carbocycles. The summed E-state index contributed by atoms with van der Waals surface area (Å²) < 4.78 is 7.21. The molecule has 0 aliphatic carbocycles. The number of benzene rings is 2. The van der Waals surface area contributed by atoms with Crippen LogP contribution in [0.5, 0.6) is 5.75 Å². The monoisotopic (exact) mass is 376 g/mol. The molecule has 0 radical (unpaired) electrons. The summed E-state index contributed by atoms with van der Waals surface area (Å²) in [7, 11) is 1.62. The predicted molar refractivity (Wildman–Crippen MR) is 93.1 cm³/mol. The summed E-state index contributed by atoms with van der Waals surface area (Å²) in [6, 6.07) is 13.1. The van der Waals surface area contributed by atoms with Gasteiger partial charge in [0, 0.05) is 10.0 Å². The number of hydrogen-bond acceptors (Lipinski definition) is 5. The molecule has 0 fully saturated rings. The molecule has 3 aromatic rings. The summed E-state index contributed by atoms with van der Waals surface area (Å²) >= 11 is 4.87. The minimum Gasteiger partial charge on any atom is -0.494 e. The van der Waals surface area contributed by atoms with Gasteiger partial charge in [0.25, 0.3) is 0 Å². The number of anilines is 1. The molecule has 112 valence electrons. The lowest BCUT2D eigenvalue weighted by Crippen LogP contribution is -2.13. The fraction of sp³-hybridized carbons (Fsp3) is 0.125. The van der Waals surface area contributed by atoms with Crippen LogP contribution in [0.4, 0.5) is 5.13 Å². The van der Waals surface area contributed by atoms with Crippen molar-refractivity contribution in [1.82, 2.24) is 4.98 Å². The average molecular weight is 377 g/mol. The lowest BCUT2D eigenvalue weighted by atomic mass is 10.1. The Kier molecular flexibility index (Phi) is 4.40. The van der Waals surface area contributed by atoms with E-state index < -0.39 is 0 Å². The molecule has 0 aliphatic heterocycles. The van der Waals surface area contributed by atoms with Gasteiger partial charge >= 0.3 is 0 Å². The molecule has 0 aliphatic rings. The summed E-state index contributed by atoms with van der Waals surface area (Å²) in [5, 5.41) is 3.80. The lowest BCUT2D eigenvalue weighted by Gasteiger charge is -2.02. The van der Waals surface area contributed by atoms with Gasteiger partial charge in [0.1, 0.15) is 11.3 Å². The zero-order valence-electron chi connectivity index (χ0n) is 11.8. The van der Waals surface area contributed by atoms with Gasteiger partial charge in [-0.05, 0) is 24.3 Å². The molecule has 0 unspecified atom stereocenters. The lowest BCUT2D eigenvalue weighted by molar-refractivity contribution is 0.101. The Morgan fingerprint density at radius 1 is 1.32 bits per heavy atom. The Hall–Kier alpha value is -1.92. The van der Waals surface area contributed by atoms with E-state index in [1.165, 1.54) is 11.3 Å². The first-order valence-electron chi connectivity index (χ1n) is 6.63. The van der Waals surface area contributed by atoms with E-state index in [0.29, 0.717) is 10.7 Å². The molecule has 1 N–H and O–H groups in total. The zero-order valence-corrected chi connectivity index (χ0v) is 14.2. The van der Waals surface area contributed by atoms with Gasteiger partial charge in [-0.1, -0.05) is 45.5 Å². The number of nitrogens with zero attached hydrogens (tertiary/aromatic N) is 1. The van der Waals surface area contributed by atoms with Gasteiger partial charge in [0.15, 0.2) is 10.9 Å². The van der Waals surface area contributed by atoms with E-state index in [0.717, 1.165) is 20.4 Å². The number of rotatable bonds is 5. The summed E-state index contributed by atoms with van der Waals surface area (Å²) in [4.78, 5) is 16.7. The van der Waals surface area contributed by atoms with Crippen molar-refractivity contribution in [3.8, 4) is 5.75 Å². The van der Waals surface area contributed by atoms with Gasteiger partial charge in [0.2, 0.25) is 0 Å². The Labute approximate surface area is 140 Å². The van der Waals surface area contributed by atoms with Crippen LogP contribution in [0.2, 0.25) is 0 Å². The van der Waals surface area contributed by atoms with E-state index in [9.17, 15) is 4.79 Å². The fourth-order valence-corrected chi connectivity index (χ4v) is 3.36. The predicted octanol–water partition coefficient (Wildman–Crippen LogP) is 4.36. The summed E-state index contributed by atoms with van der Waals surface area (Å²) in [6.07, 6.45) is 0. The van der Waals surface area contributed by atoms with Crippen LogP contribution in [-0.2, 0) is 0 Å². The molecule has 1 heterocycles. The first-order chi connectivity index (χ1) is 10.7. The van der Waals surface area contributed by atoms with Gasteiger partial charge in [-0.25, -0.2) is 4.98 Å². The van der Waals surface area contributed by atoms with Gasteiger partial charge in [0.05, 0.1) is 18.4 Å². The third-order valence-electron chi connectivity index (χ3n) is 3.15. The molecular weight excluding hydrogens is 364 g/mol. The molecule has 2 aromatic carbocycles. The van der Waals surface area contributed by atoms with Crippen molar-refractivity contribution in [2.75, 3.05) is 19.0 Å². The van der Waals surface area contributed by atoms with Crippen LogP contribution < -0.4 is 10.1 Å². The molecule has 0 spiro atoms. The number of thiazole rings is 1. The van der Waals surface area contributed by atoms with Crippen LogP contribution in [0.1, 0.15) is 10.4 Å². The maximum absolute atomic E-state index is 12.2. The van der Waals surface area contributed by atoms with Crippen LogP contribution >= 0.6 is 27.3 Å². The fourth-order valence-electron chi connectivity index (χ4n) is 2.08. The van der Waals surface area contributed by atoms with Crippen molar-refractivity contribution in [2.24, 2.45) is 0 Å². The third-order valence-corrected chi connectivity index (χ3v) is 4.62. The molecule has 22 heavy (non-hydrogen) atoms. The third kappa shape index (κ3) is 3.13.